The van der Waals surface area contributed by atoms with Gasteiger partial charge in [0.1, 0.15) is 5.75 Å². The Morgan fingerprint density at radius 1 is 1.06 bits per heavy atom. The van der Waals surface area contributed by atoms with Crippen molar-refractivity contribution < 1.29 is 24.1 Å². The van der Waals surface area contributed by atoms with Crippen LogP contribution in [0.1, 0.15) is 44.9 Å². The van der Waals surface area contributed by atoms with Crippen molar-refractivity contribution in [2.75, 3.05) is 19.8 Å². The summed E-state index contributed by atoms with van der Waals surface area (Å²) in [5.41, 5.74) is 1.94. The molecule has 3 aromatic rings. The molecule has 0 fully saturated rings. The van der Waals surface area contributed by atoms with Gasteiger partial charge >= 0.3 is 5.97 Å². The van der Waals surface area contributed by atoms with Crippen LogP contribution in [-0.2, 0) is 9.53 Å². The maximum absolute atomic E-state index is 13.7. The second-order valence-corrected chi connectivity index (χ2v) is 8.98. The van der Waals surface area contributed by atoms with Gasteiger partial charge in [-0.05, 0) is 69.2 Å². The van der Waals surface area contributed by atoms with Crippen LogP contribution in [0.4, 0.5) is 0 Å². The van der Waals surface area contributed by atoms with Gasteiger partial charge in [0.25, 0.3) is 5.56 Å². The number of aromatic hydroxyl groups is 1. The van der Waals surface area contributed by atoms with Gasteiger partial charge in [-0.25, -0.2) is 9.79 Å². The average molecular weight is 509 g/mol. The lowest BCUT2D eigenvalue weighted by molar-refractivity contribution is -0.139. The van der Waals surface area contributed by atoms with Gasteiger partial charge in [-0.3, -0.25) is 9.36 Å². The Morgan fingerprint density at radius 3 is 2.42 bits per heavy atom. The monoisotopic (exact) mass is 508 g/mol. The first-order valence-electron chi connectivity index (χ1n) is 11.8. The van der Waals surface area contributed by atoms with Crippen LogP contribution in [0.15, 0.2) is 63.5 Å². The summed E-state index contributed by atoms with van der Waals surface area (Å²) in [5, 5.41) is 9.58. The molecule has 0 unspecified atom stereocenters. The van der Waals surface area contributed by atoms with E-state index in [1.807, 2.05) is 19.9 Å². The molecule has 36 heavy (non-hydrogen) atoms. The van der Waals surface area contributed by atoms with Gasteiger partial charge < -0.3 is 19.3 Å². The molecule has 0 saturated carbocycles. The fourth-order valence-corrected chi connectivity index (χ4v) is 5.11. The Bertz CT molecular complexity index is 1480. The first kappa shape index (κ1) is 25.2. The van der Waals surface area contributed by atoms with Crippen molar-refractivity contribution in [2.45, 2.75) is 33.7 Å². The van der Waals surface area contributed by atoms with Gasteiger partial charge in [0.05, 0.1) is 41.7 Å². The minimum absolute atomic E-state index is 0.143. The number of allylic oxidation sites excluding steroid dienone is 1. The lowest BCUT2D eigenvalue weighted by Gasteiger charge is -2.25. The molecule has 2 aromatic carbocycles. The number of benzene rings is 2. The number of hydrogen-bond donors (Lipinski definition) is 1. The van der Waals surface area contributed by atoms with Crippen LogP contribution in [0.3, 0.4) is 0 Å². The maximum Gasteiger partial charge on any atom is 0.338 e. The second-order valence-electron chi connectivity index (χ2n) is 7.97. The number of thiazole rings is 1. The van der Waals surface area contributed by atoms with E-state index < -0.39 is 12.0 Å². The van der Waals surface area contributed by atoms with Crippen molar-refractivity contribution in [1.82, 2.24) is 4.57 Å². The molecule has 9 heteroatoms. The van der Waals surface area contributed by atoms with Crippen molar-refractivity contribution in [2.24, 2.45) is 4.99 Å². The van der Waals surface area contributed by atoms with Crippen LogP contribution in [-0.4, -0.2) is 35.5 Å². The molecule has 0 spiro atoms. The van der Waals surface area contributed by atoms with Gasteiger partial charge in [0.15, 0.2) is 16.3 Å². The van der Waals surface area contributed by atoms with E-state index in [0.717, 1.165) is 5.56 Å². The van der Waals surface area contributed by atoms with Gasteiger partial charge in [-0.1, -0.05) is 29.5 Å². The molecule has 1 aliphatic rings. The van der Waals surface area contributed by atoms with Crippen LogP contribution in [0, 0.1) is 0 Å². The number of nitrogens with zero attached hydrogens (tertiary/aromatic N) is 2. The fraction of sp³-hybridized carbons (Fsp3) is 0.296. The second kappa shape index (κ2) is 10.8. The van der Waals surface area contributed by atoms with Crippen molar-refractivity contribution >= 4 is 23.4 Å². The topological polar surface area (TPSA) is 99.4 Å². The number of hydrogen-bond acceptors (Lipinski definition) is 8. The Balaban J connectivity index is 1.94. The quantitative estimate of drug-likeness (QED) is 0.469. The van der Waals surface area contributed by atoms with Crippen LogP contribution < -0.4 is 24.4 Å². The van der Waals surface area contributed by atoms with E-state index in [1.165, 1.54) is 15.9 Å². The van der Waals surface area contributed by atoms with Crippen LogP contribution >= 0.6 is 11.3 Å². The zero-order chi connectivity index (χ0) is 25.8. The molecular weight excluding hydrogens is 480 g/mol. The van der Waals surface area contributed by atoms with Gasteiger partial charge in [-0.2, -0.15) is 0 Å². The van der Waals surface area contributed by atoms with Crippen LogP contribution in [0.5, 0.6) is 17.2 Å². The average Bonchev–Trinajstić information content (AvgIpc) is 3.15. The SMILES string of the molecule is CCOC(=O)C1=C(C)N=c2s/c(=C\c3ccc(O)cc3)c(=O)n2[C@H]1c1ccc(OCC)c(OCC)c1. The molecule has 0 aliphatic carbocycles. The highest BCUT2D eigenvalue weighted by atomic mass is 32.1. The van der Waals surface area contributed by atoms with Crippen molar-refractivity contribution in [3.8, 4) is 17.2 Å². The molecule has 4 rings (SSSR count). The zero-order valence-corrected chi connectivity index (χ0v) is 21.4. The molecule has 8 nitrogen and oxygen atoms in total. The number of carbonyl (C=O) groups excluding carboxylic acids is 1. The highest BCUT2D eigenvalue weighted by molar-refractivity contribution is 7.07. The predicted molar refractivity (Wildman–Crippen MR) is 137 cm³/mol. The number of ether oxygens (including phenoxy) is 3. The van der Waals surface area contributed by atoms with E-state index in [1.54, 1.807) is 56.3 Å². The van der Waals surface area contributed by atoms with Crippen molar-refractivity contribution in [3.63, 3.8) is 0 Å². The summed E-state index contributed by atoms with van der Waals surface area (Å²) in [4.78, 5) is 31.8. The standard InChI is InChI=1S/C27H28N2O6S/c1-5-33-20-13-10-18(15-21(20)34-6-2)24-23(26(32)35-7-3)16(4)28-27-29(24)25(31)22(36-27)14-17-8-11-19(30)12-9-17/h8-15,24,30H,5-7H2,1-4H3/b22-14-/t24-/m0/s1. The summed E-state index contributed by atoms with van der Waals surface area (Å²) in [7, 11) is 0. The molecule has 188 valence electrons. The Morgan fingerprint density at radius 2 is 1.75 bits per heavy atom. The first-order valence-corrected chi connectivity index (χ1v) is 12.6. The number of aromatic nitrogens is 1. The molecule has 2 heterocycles. The minimum atomic E-state index is -0.753. The third kappa shape index (κ3) is 4.92. The number of phenolic OH excluding ortho intramolecular Hbond substituents is 1. The normalized spacial score (nSPS) is 15.3. The van der Waals surface area contributed by atoms with E-state index in [4.69, 9.17) is 14.2 Å². The van der Waals surface area contributed by atoms with E-state index >= 15 is 0 Å². The number of esters is 1. The third-order valence-electron chi connectivity index (χ3n) is 5.59. The molecule has 0 amide bonds. The summed E-state index contributed by atoms with van der Waals surface area (Å²) < 4.78 is 18.9. The first-order chi connectivity index (χ1) is 17.4. The molecule has 1 N–H and O–H groups in total. The molecule has 1 atom stereocenters. The van der Waals surface area contributed by atoms with Crippen molar-refractivity contribution in [3.05, 3.63) is 84.5 Å². The molecular formula is C27H28N2O6S. The summed E-state index contributed by atoms with van der Waals surface area (Å²) >= 11 is 1.24. The summed E-state index contributed by atoms with van der Waals surface area (Å²) in [6.07, 6.45) is 1.74. The Hall–Kier alpha value is -3.85. The number of carbonyl (C=O) groups is 1. The van der Waals surface area contributed by atoms with Crippen LogP contribution in [0.2, 0.25) is 0 Å². The third-order valence-corrected chi connectivity index (χ3v) is 6.57. The van der Waals surface area contributed by atoms with Crippen molar-refractivity contribution in [1.29, 1.82) is 0 Å². The Kier molecular flexibility index (Phi) is 7.59. The minimum Gasteiger partial charge on any atom is -0.508 e. The van der Waals surface area contributed by atoms with Crippen LogP contribution in [0.25, 0.3) is 6.08 Å². The van der Waals surface area contributed by atoms with E-state index in [2.05, 4.69) is 4.99 Å². The largest absolute Gasteiger partial charge is 0.508 e. The zero-order valence-electron chi connectivity index (χ0n) is 20.6. The molecule has 0 saturated heterocycles. The molecule has 0 bridgehead atoms. The number of phenols is 1. The molecule has 1 aromatic heterocycles. The predicted octanol–water partition coefficient (Wildman–Crippen LogP) is 3.30. The van der Waals surface area contributed by atoms with E-state index in [-0.39, 0.29) is 17.9 Å². The summed E-state index contributed by atoms with van der Waals surface area (Å²) in [6.45, 7) is 8.34. The van der Waals surface area contributed by atoms with E-state index in [9.17, 15) is 14.7 Å². The highest BCUT2D eigenvalue weighted by Crippen LogP contribution is 2.36. The number of fused-ring (bicyclic) bond motifs is 1. The Labute approximate surface area is 212 Å². The van der Waals surface area contributed by atoms with Gasteiger partial charge in [0.2, 0.25) is 0 Å². The van der Waals surface area contributed by atoms with Gasteiger partial charge in [0, 0.05) is 0 Å². The maximum atomic E-state index is 13.7. The lowest BCUT2D eigenvalue weighted by Crippen LogP contribution is -2.40. The summed E-state index contributed by atoms with van der Waals surface area (Å²) in [5.74, 6) is 0.731. The fourth-order valence-electron chi connectivity index (χ4n) is 4.07. The highest BCUT2D eigenvalue weighted by Gasteiger charge is 2.34. The lowest BCUT2D eigenvalue weighted by atomic mass is 9.95. The van der Waals surface area contributed by atoms with E-state index in [0.29, 0.717) is 50.9 Å². The smallest absolute Gasteiger partial charge is 0.338 e. The molecule has 1 aliphatic heterocycles. The van der Waals surface area contributed by atoms with Gasteiger partial charge in [-0.15, -0.1) is 0 Å². The summed E-state index contributed by atoms with van der Waals surface area (Å²) in [6, 6.07) is 11.2. The number of rotatable bonds is 8. The molecule has 0 radical (unpaired) electrons.